The van der Waals surface area contributed by atoms with Crippen molar-refractivity contribution in [1.29, 1.82) is 5.26 Å². The Morgan fingerprint density at radius 3 is 2.53 bits per heavy atom. The van der Waals surface area contributed by atoms with Gasteiger partial charge in [0, 0.05) is 11.0 Å². The van der Waals surface area contributed by atoms with Crippen LogP contribution in [0.3, 0.4) is 0 Å². The largest absolute Gasteiger partial charge is 0.395 e. The van der Waals surface area contributed by atoms with Gasteiger partial charge in [-0.3, -0.25) is 4.90 Å². The lowest BCUT2D eigenvalue weighted by atomic mass is 10.0. The van der Waals surface area contributed by atoms with E-state index in [0.29, 0.717) is 12.1 Å². The molecule has 1 aromatic carbocycles. The summed E-state index contributed by atoms with van der Waals surface area (Å²) in [6.45, 7) is 3.96. The molecule has 0 aliphatic rings. The molecule has 0 spiro atoms. The highest BCUT2D eigenvalue weighted by atomic mass is 79.9. The van der Waals surface area contributed by atoms with E-state index in [-0.39, 0.29) is 13.2 Å². The van der Waals surface area contributed by atoms with Crippen molar-refractivity contribution < 1.29 is 10.2 Å². The molecule has 0 aromatic heterocycles. The Morgan fingerprint density at radius 1 is 1.42 bits per heavy atom. The second kappa shape index (κ2) is 8.08. The van der Waals surface area contributed by atoms with Gasteiger partial charge in [0.2, 0.25) is 0 Å². The lowest BCUT2D eigenvalue weighted by molar-refractivity contribution is 0.0262. The Hall–Kier alpha value is -1.19. The van der Waals surface area contributed by atoms with Crippen LogP contribution in [0.2, 0.25) is 0 Å². The second-order valence-corrected chi connectivity index (χ2v) is 5.04. The molecule has 102 valence electrons. The fraction of sp³-hybridized carbons (Fsp3) is 0.357. The molecule has 0 amide bonds. The first kappa shape index (κ1) is 15.9. The summed E-state index contributed by atoms with van der Waals surface area (Å²) in [5.41, 5.74) is 0.703. The quantitative estimate of drug-likeness (QED) is 0.593. The van der Waals surface area contributed by atoms with Crippen LogP contribution in [0.5, 0.6) is 0 Å². The van der Waals surface area contributed by atoms with Crippen molar-refractivity contribution in [3.8, 4) is 6.07 Å². The van der Waals surface area contributed by atoms with Gasteiger partial charge in [-0.15, -0.1) is 6.58 Å². The first-order chi connectivity index (χ1) is 9.13. The van der Waals surface area contributed by atoms with Crippen LogP contribution in [0.15, 0.2) is 41.4 Å². The SMILES string of the molecule is C=CCN(CC#N)C(CO)C(O)c1ccc(Br)cc1. The van der Waals surface area contributed by atoms with Crippen molar-refractivity contribution >= 4 is 15.9 Å². The number of aliphatic hydroxyl groups is 2. The highest BCUT2D eigenvalue weighted by Crippen LogP contribution is 2.22. The minimum Gasteiger partial charge on any atom is -0.395 e. The number of hydrogen-bond donors (Lipinski definition) is 2. The van der Waals surface area contributed by atoms with Crippen LogP contribution in [0.1, 0.15) is 11.7 Å². The summed E-state index contributed by atoms with van der Waals surface area (Å²) in [4.78, 5) is 1.69. The van der Waals surface area contributed by atoms with Crippen molar-refractivity contribution in [1.82, 2.24) is 4.90 Å². The van der Waals surface area contributed by atoms with Gasteiger partial charge in [0.25, 0.3) is 0 Å². The highest BCUT2D eigenvalue weighted by Gasteiger charge is 2.25. The van der Waals surface area contributed by atoms with Gasteiger partial charge >= 0.3 is 0 Å². The number of rotatable bonds is 7. The predicted molar refractivity (Wildman–Crippen MR) is 77.4 cm³/mol. The molecule has 0 bridgehead atoms. The number of hydrogen-bond acceptors (Lipinski definition) is 4. The van der Waals surface area contributed by atoms with Crippen molar-refractivity contribution in [3.05, 3.63) is 47.0 Å². The summed E-state index contributed by atoms with van der Waals surface area (Å²) in [5.74, 6) is 0. The van der Waals surface area contributed by atoms with Crippen LogP contribution in [0.25, 0.3) is 0 Å². The molecule has 2 atom stereocenters. The van der Waals surface area contributed by atoms with Crippen molar-refractivity contribution in [2.45, 2.75) is 12.1 Å². The van der Waals surface area contributed by atoms with E-state index in [4.69, 9.17) is 5.26 Å². The summed E-state index contributed by atoms with van der Waals surface area (Å²) in [6, 6.07) is 8.73. The molecular formula is C14H17BrN2O2. The maximum absolute atomic E-state index is 10.3. The van der Waals surface area contributed by atoms with Gasteiger partial charge in [-0.2, -0.15) is 5.26 Å². The molecule has 5 heteroatoms. The molecule has 2 N–H and O–H groups in total. The molecule has 0 aliphatic carbocycles. The average molecular weight is 325 g/mol. The smallest absolute Gasteiger partial charge is 0.0968 e. The van der Waals surface area contributed by atoms with E-state index in [2.05, 4.69) is 22.5 Å². The third-order valence-corrected chi connectivity index (χ3v) is 3.40. The number of aliphatic hydroxyl groups excluding tert-OH is 2. The van der Waals surface area contributed by atoms with E-state index < -0.39 is 12.1 Å². The molecule has 0 aliphatic heterocycles. The Labute approximate surface area is 121 Å². The fourth-order valence-electron chi connectivity index (χ4n) is 1.87. The molecule has 0 heterocycles. The van der Waals surface area contributed by atoms with E-state index in [1.54, 1.807) is 23.1 Å². The van der Waals surface area contributed by atoms with Crippen molar-refractivity contribution in [2.24, 2.45) is 0 Å². The molecule has 0 saturated heterocycles. The van der Waals surface area contributed by atoms with Gasteiger partial charge in [-0.05, 0) is 17.7 Å². The molecule has 19 heavy (non-hydrogen) atoms. The van der Waals surface area contributed by atoms with Crippen LogP contribution in [0, 0.1) is 11.3 Å². The van der Waals surface area contributed by atoms with Crippen LogP contribution in [0.4, 0.5) is 0 Å². The zero-order valence-electron chi connectivity index (χ0n) is 10.5. The Bertz CT molecular complexity index is 442. The molecule has 0 saturated carbocycles. The van der Waals surface area contributed by atoms with E-state index in [1.807, 2.05) is 18.2 Å². The normalized spacial score (nSPS) is 13.8. The Morgan fingerprint density at radius 2 is 2.05 bits per heavy atom. The molecule has 0 radical (unpaired) electrons. The minimum absolute atomic E-state index is 0.130. The van der Waals surface area contributed by atoms with Crippen LogP contribution < -0.4 is 0 Å². The maximum Gasteiger partial charge on any atom is 0.0968 e. The van der Waals surface area contributed by atoms with Gasteiger partial charge in [-0.1, -0.05) is 34.1 Å². The molecule has 1 aromatic rings. The van der Waals surface area contributed by atoms with Crippen molar-refractivity contribution in [2.75, 3.05) is 19.7 Å². The highest BCUT2D eigenvalue weighted by molar-refractivity contribution is 9.10. The van der Waals surface area contributed by atoms with E-state index in [1.165, 1.54) is 0 Å². The number of nitriles is 1. The number of halogens is 1. The lowest BCUT2D eigenvalue weighted by Crippen LogP contribution is -2.42. The van der Waals surface area contributed by atoms with Crippen LogP contribution >= 0.6 is 15.9 Å². The Kier molecular flexibility index (Phi) is 6.74. The summed E-state index contributed by atoms with van der Waals surface area (Å²) >= 11 is 3.33. The third-order valence-electron chi connectivity index (χ3n) is 2.87. The van der Waals surface area contributed by atoms with Gasteiger partial charge in [-0.25, -0.2) is 0 Å². The van der Waals surface area contributed by atoms with E-state index in [0.717, 1.165) is 4.47 Å². The minimum atomic E-state index is -0.855. The maximum atomic E-state index is 10.3. The fourth-order valence-corrected chi connectivity index (χ4v) is 2.14. The summed E-state index contributed by atoms with van der Waals surface area (Å²) in [5, 5.41) is 28.6. The molecule has 0 fully saturated rings. The first-order valence-corrected chi connectivity index (χ1v) is 6.69. The number of nitrogens with zero attached hydrogens (tertiary/aromatic N) is 2. The van der Waals surface area contributed by atoms with Crippen molar-refractivity contribution in [3.63, 3.8) is 0 Å². The average Bonchev–Trinajstić information content (AvgIpc) is 2.40. The van der Waals surface area contributed by atoms with E-state index >= 15 is 0 Å². The van der Waals surface area contributed by atoms with Gasteiger partial charge in [0.15, 0.2) is 0 Å². The zero-order chi connectivity index (χ0) is 14.3. The molecular weight excluding hydrogens is 308 g/mol. The summed E-state index contributed by atoms with van der Waals surface area (Å²) in [6.07, 6.45) is 0.792. The van der Waals surface area contributed by atoms with Crippen LogP contribution in [-0.2, 0) is 0 Å². The first-order valence-electron chi connectivity index (χ1n) is 5.90. The molecule has 4 nitrogen and oxygen atoms in total. The van der Waals surface area contributed by atoms with Gasteiger partial charge < -0.3 is 10.2 Å². The molecule has 2 unspecified atom stereocenters. The van der Waals surface area contributed by atoms with Crippen LogP contribution in [-0.4, -0.2) is 40.9 Å². The van der Waals surface area contributed by atoms with Gasteiger partial charge in [0.1, 0.15) is 0 Å². The predicted octanol–water partition coefficient (Wildman–Crippen LogP) is 1.85. The third kappa shape index (κ3) is 4.44. The lowest BCUT2D eigenvalue weighted by Gasteiger charge is -2.31. The second-order valence-electron chi connectivity index (χ2n) is 4.12. The number of benzene rings is 1. The Balaban J connectivity index is 2.90. The van der Waals surface area contributed by atoms with E-state index in [9.17, 15) is 10.2 Å². The molecule has 1 rings (SSSR count). The zero-order valence-corrected chi connectivity index (χ0v) is 12.1. The topological polar surface area (TPSA) is 67.5 Å². The monoisotopic (exact) mass is 324 g/mol. The van der Waals surface area contributed by atoms with Gasteiger partial charge in [0.05, 0.1) is 31.4 Å². The standard InChI is InChI=1S/C14H17BrN2O2/c1-2-8-17(9-7-16)13(10-18)14(19)11-3-5-12(15)6-4-11/h2-6,13-14,18-19H,1,8-10H2. The summed E-state index contributed by atoms with van der Waals surface area (Å²) < 4.78 is 0.920. The summed E-state index contributed by atoms with van der Waals surface area (Å²) in [7, 11) is 0.